The van der Waals surface area contributed by atoms with Crippen LogP contribution < -0.4 is 10.6 Å². The molecule has 174 valence electrons. The van der Waals surface area contributed by atoms with Crippen molar-refractivity contribution in [3.63, 3.8) is 0 Å². The molecule has 1 aliphatic rings. The van der Waals surface area contributed by atoms with Gasteiger partial charge in [-0.2, -0.15) is 20.7 Å². The third kappa shape index (κ3) is 4.13. The van der Waals surface area contributed by atoms with Gasteiger partial charge in [-0.25, -0.2) is 13.2 Å². The topological polar surface area (TPSA) is 146 Å². The van der Waals surface area contributed by atoms with Gasteiger partial charge in [-0.05, 0) is 24.3 Å². The van der Waals surface area contributed by atoms with E-state index in [9.17, 15) is 27.6 Å². The largest absolute Gasteiger partial charge is 0.346 e. The highest BCUT2D eigenvalue weighted by atomic mass is 19.3. The van der Waals surface area contributed by atoms with E-state index in [0.717, 1.165) is 18.2 Å². The molecule has 4 rings (SSSR count). The van der Waals surface area contributed by atoms with E-state index >= 15 is 0 Å². The number of nitrogens with one attached hydrogen (secondary N) is 3. The second-order valence-electron chi connectivity index (χ2n) is 7.92. The minimum atomic E-state index is -3.03. The molecule has 0 spiro atoms. The highest BCUT2D eigenvalue weighted by Crippen LogP contribution is 2.50. The molecule has 0 atom stereocenters. The minimum Gasteiger partial charge on any atom is -0.346 e. The van der Waals surface area contributed by atoms with Gasteiger partial charge in [0.1, 0.15) is 23.3 Å². The van der Waals surface area contributed by atoms with Crippen LogP contribution in [0.15, 0.2) is 36.7 Å². The molecule has 2 heterocycles. The predicted octanol–water partition coefficient (Wildman–Crippen LogP) is 2.03. The van der Waals surface area contributed by atoms with Gasteiger partial charge in [0, 0.05) is 37.3 Å². The number of Topliss-reactive ketones (excluding diaryl/α,β-unsaturated/α-hetero) is 1. The van der Waals surface area contributed by atoms with Crippen molar-refractivity contribution in [3.05, 3.63) is 65.0 Å². The Balaban J connectivity index is 1.50. The van der Waals surface area contributed by atoms with Crippen LogP contribution in [0.25, 0.3) is 0 Å². The molecular formula is C21H16F3N7O3. The fraction of sp³-hybridized carbons (Fsp3) is 0.238. The van der Waals surface area contributed by atoms with Crippen molar-refractivity contribution in [1.82, 2.24) is 25.3 Å². The zero-order valence-electron chi connectivity index (χ0n) is 17.5. The highest BCUT2D eigenvalue weighted by Gasteiger charge is 2.60. The summed E-state index contributed by atoms with van der Waals surface area (Å²) in [5.41, 5.74) is -1.75. The number of rotatable bonds is 6. The molecule has 1 aliphatic carbocycles. The monoisotopic (exact) mass is 471 g/mol. The van der Waals surface area contributed by atoms with E-state index in [0.29, 0.717) is 0 Å². The maximum atomic E-state index is 13.6. The van der Waals surface area contributed by atoms with Gasteiger partial charge in [0.25, 0.3) is 23.5 Å². The number of aryl methyl sites for hydroxylation is 1. The summed E-state index contributed by atoms with van der Waals surface area (Å²) in [6, 6.07) is 6.24. The molecule has 1 fully saturated rings. The number of anilines is 1. The molecule has 1 aromatic carbocycles. The first kappa shape index (κ1) is 22.7. The van der Waals surface area contributed by atoms with E-state index in [1.54, 1.807) is 6.07 Å². The first-order valence-corrected chi connectivity index (χ1v) is 9.82. The number of carbonyl (C=O) groups excluding carboxylic acids is 3. The molecule has 1 saturated carbocycles. The number of hydrogen-bond donors (Lipinski definition) is 3. The van der Waals surface area contributed by atoms with Crippen LogP contribution in [0, 0.1) is 17.1 Å². The van der Waals surface area contributed by atoms with Gasteiger partial charge in [0.05, 0.1) is 17.3 Å². The lowest BCUT2D eigenvalue weighted by Crippen LogP contribution is -2.61. The fourth-order valence-corrected chi connectivity index (χ4v) is 3.80. The normalized spacial score (nSPS) is 15.6. The minimum absolute atomic E-state index is 0.0135. The summed E-state index contributed by atoms with van der Waals surface area (Å²) in [7, 11) is 1.46. The molecule has 0 radical (unpaired) electrons. The quantitative estimate of drug-likeness (QED) is 0.371. The first-order valence-electron chi connectivity index (χ1n) is 9.82. The number of amides is 2. The van der Waals surface area contributed by atoms with Crippen LogP contribution in [0.2, 0.25) is 0 Å². The van der Waals surface area contributed by atoms with Crippen LogP contribution in [-0.4, -0.2) is 43.5 Å². The molecule has 3 N–H and O–H groups in total. The van der Waals surface area contributed by atoms with Gasteiger partial charge in [-0.1, -0.05) is 0 Å². The maximum absolute atomic E-state index is 13.6. The lowest BCUT2D eigenvalue weighted by atomic mass is 9.71. The summed E-state index contributed by atoms with van der Waals surface area (Å²) in [5, 5.41) is 23.3. The number of halogens is 3. The molecule has 0 unspecified atom stereocenters. The summed E-state index contributed by atoms with van der Waals surface area (Å²) in [5.74, 6) is -6.64. The zero-order valence-corrected chi connectivity index (χ0v) is 17.5. The molecule has 3 aromatic rings. The zero-order chi connectivity index (χ0) is 24.7. The number of aromatic nitrogens is 4. The average Bonchev–Trinajstić information content (AvgIpc) is 3.43. The van der Waals surface area contributed by atoms with Gasteiger partial charge < -0.3 is 15.2 Å². The summed E-state index contributed by atoms with van der Waals surface area (Å²) < 4.78 is 42.0. The molecule has 10 nitrogen and oxygen atoms in total. The molecule has 2 aromatic heterocycles. The third-order valence-corrected chi connectivity index (χ3v) is 5.43. The molecule has 0 saturated heterocycles. The van der Waals surface area contributed by atoms with Crippen molar-refractivity contribution in [3.8, 4) is 6.07 Å². The summed E-state index contributed by atoms with van der Waals surface area (Å²) >= 11 is 0. The van der Waals surface area contributed by atoms with Crippen molar-refractivity contribution >= 4 is 23.3 Å². The van der Waals surface area contributed by atoms with Gasteiger partial charge in [0.2, 0.25) is 0 Å². The first-order chi connectivity index (χ1) is 16.0. The molecule has 0 aliphatic heterocycles. The fourth-order valence-electron chi connectivity index (χ4n) is 3.80. The Kier molecular flexibility index (Phi) is 5.44. The number of nitrogens with zero attached hydrogens (tertiary/aromatic N) is 4. The Morgan fingerprint density at radius 3 is 2.59 bits per heavy atom. The SMILES string of the molecule is Cn1cc(C(=O)C(=O)NC2(c3cn[nH]n3)CC(F)(F)C2)cc1C(=O)Nc1ccc(F)c(C#N)c1. The van der Waals surface area contributed by atoms with Crippen LogP contribution in [0.3, 0.4) is 0 Å². The number of carbonyl (C=O) groups is 3. The highest BCUT2D eigenvalue weighted by molar-refractivity contribution is 6.43. The van der Waals surface area contributed by atoms with Crippen molar-refractivity contribution in [2.24, 2.45) is 7.05 Å². The Hall–Kier alpha value is -4.47. The molecule has 2 amide bonds. The van der Waals surface area contributed by atoms with Crippen molar-refractivity contribution in [1.29, 1.82) is 5.26 Å². The Labute approximate surface area is 189 Å². The summed E-state index contributed by atoms with van der Waals surface area (Å²) in [4.78, 5) is 37.9. The van der Waals surface area contributed by atoms with Crippen LogP contribution in [0.1, 0.15) is 44.9 Å². The van der Waals surface area contributed by atoms with Crippen molar-refractivity contribution in [2.75, 3.05) is 5.32 Å². The maximum Gasteiger partial charge on any atom is 0.293 e. The molecule has 13 heteroatoms. The smallest absolute Gasteiger partial charge is 0.293 e. The van der Waals surface area contributed by atoms with E-state index < -0.39 is 47.7 Å². The van der Waals surface area contributed by atoms with Gasteiger partial charge in [-0.3, -0.25) is 14.4 Å². The number of hydrogen-bond acceptors (Lipinski definition) is 6. The number of ketones is 1. The van der Waals surface area contributed by atoms with Crippen LogP contribution >= 0.6 is 0 Å². The predicted molar refractivity (Wildman–Crippen MR) is 109 cm³/mol. The van der Waals surface area contributed by atoms with Crippen LogP contribution in [0.5, 0.6) is 0 Å². The van der Waals surface area contributed by atoms with Crippen molar-refractivity contribution < 1.29 is 27.6 Å². The third-order valence-electron chi connectivity index (χ3n) is 5.43. The Morgan fingerprint density at radius 2 is 1.97 bits per heavy atom. The number of aromatic amines is 1. The van der Waals surface area contributed by atoms with Gasteiger partial charge in [-0.15, -0.1) is 0 Å². The number of nitriles is 1. The Bertz CT molecular complexity index is 1330. The van der Waals surface area contributed by atoms with E-state index in [1.165, 1.54) is 30.1 Å². The van der Waals surface area contributed by atoms with Crippen LogP contribution in [-0.2, 0) is 17.4 Å². The van der Waals surface area contributed by atoms with Gasteiger partial charge >= 0.3 is 0 Å². The number of benzene rings is 1. The van der Waals surface area contributed by atoms with E-state index in [-0.39, 0.29) is 28.2 Å². The number of alkyl halides is 2. The van der Waals surface area contributed by atoms with Crippen molar-refractivity contribution in [2.45, 2.75) is 24.3 Å². The van der Waals surface area contributed by atoms with E-state index in [1.807, 2.05) is 0 Å². The van der Waals surface area contributed by atoms with E-state index in [4.69, 9.17) is 5.26 Å². The molecule has 34 heavy (non-hydrogen) atoms. The number of H-pyrrole nitrogens is 1. The Morgan fingerprint density at radius 1 is 1.24 bits per heavy atom. The lowest BCUT2D eigenvalue weighted by molar-refractivity contribution is -0.148. The second kappa shape index (κ2) is 8.14. The lowest BCUT2D eigenvalue weighted by Gasteiger charge is -2.46. The van der Waals surface area contributed by atoms with E-state index in [2.05, 4.69) is 26.0 Å². The summed E-state index contributed by atoms with van der Waals surface area (Å²) in [6.45, 7) is 0. The summed E-state index contributed by atoms with van der Waals surface area (Å²) in [6.07, 6.45) is 0.950. The second-order valence-corrected chi connectivity index (χ2v) is 7.92. The molecular weight excluding hydrogens is 455 g/mol. The van der Waals surface area contributed by atoms with Gasteiger partial charge in [0.15, 0.2) is 0 Å². The average molecular weight is 471 g/mol. The van der Waals surface area contributed by atoms with Crippen LogP contribution in [0.4, 0.5) is 18.9 Å². The standard InChI is InChI=1S/C21H16F3N7O3/c1-31-8-12(5-15(31)18(33)27-13-2-3-14(22)11(4-13)6-25)17(32)19(34)28-20(9-21(23,24)10-20)16-7-26-30-29-16/h2-5,7-8H,9-10H2,1H3,(H,27,33)(H,28,34)(H,26,29,30). The molecule has 0 bridgehead atoms.